The summed E-state index contributed by atoms with van der Waals surface area (Å²) >= 11 is 1.84. The van der Waals surface area contributed by atoms with E-state index in [-0.39, 0.29) is 0 Å². The Hall–Kier alpha value is -1.95. The molecule has 0 aliphatic carbocycles. The van der Waals surface area contributed by atoms with Crippen molar-refractivity contribution in [1.82, 2.24) is 20.0 Å². The van der Waals surface area contributed by atoms with Gasteiger partial charge in [0.15, 0.2) is 5.96 Å². The summed E-state index contributed by atoms with van der Waals surface area (Å²) in [6.45, 7) is 3.87. The first kappa shape index (κ1) is 17.4. The van der Waals surface area contributed by atoms with Gasteiger partial charge >= 0.3 is 0 Å². The Kier molecular flexibility index (Phi) is 6.52. The van der Waals surface area contributed by atoms with Crippen LogP contribution in [0.25, 0.3) is 5.69 Å². The number of nitrogens with zero attached hydrogens (tertiary/aromatic N) is 4. The third kappa shape index (κ3) is 5.03. The number of benzene rings is 1. The number of aliphatic imine (C=N–C) groups is 1. The summed E-state index contributed by atoms with van der Waals surface area (Å²) in [5.74, 6) is 0.901. The third-order valence-electron chi connectivity index (χ3n) is 3.60. The molecule has 2 rings (SSSR count). The molecule has 1 unspecified atom stereocenters. The van der Waals surface area contributed by atoms with E-state index in [1.807, 2.05) is 67.1 Å². The van der Waals surface area contributed by atoms with E-state index < -0.39 is 0 Å². The van der Waals surface area contributed by atoms with Gasteiger partial charge in [-0.15, -0.1) is 0 Å². The van der Waals surface area contributed by atoms with Crippen LogP contribution in [0.2, 0.25) is 0 Å². The molecule has 5 nitrogen and oxygen atoms in total. The van der Waals surface area contributed by atoms with Gasteiger partial charge in [-0.1, -0.05) is 25.1 Å². The average Bonchev–Trinajstić information content (AvgIpc) is 3.04. The maximum Gasteiger partial charge on any atom is 0.193 e. The first-order valence-corrected chi connectivity index (χ1v) is 8.96. The Morgan fingerprint density at radius 2 is 2.13 bits per heavy atom. The van der Waals surface area contributed by atoms with Crippen LogP contribution >= 0.6 is 11.8 Å². The van der Waals surface area contributed by atoms with Crippen molar-refractivity contribution >= 4 is 17.7 Å². The van der Waals surface area contributed by atoms with Crippen LogP contribution in [-0.4, -0.2) is 52.8 Å². The quantitative estimate of drug-likeness (QED) is 0.653. The summed E-state index contributed by atoms with van der Waals surface area (Å²) in [5, 5.41) is 8.40. The number of nitrogens with one attached hydrogen (secondary N) is 1. The number of hydrogen-bond acceptors (Lipinski definition) is 3. The number of guanidine groups is 1. The van der Waals surface area contributed by atoms with Gasteiger partial charge in [0.05, 0.1) is 11.9 Å². The molecule has 0 aliphatic heterocycles. The number of aromatic nitrogens is 2. The van der Waals surface area contributed by atoms with Crippen molar-refractivity contribution in [1.29, 1.82) is 0 Å². The normalized spacial score (nSPS) is 13.0. The van der Waals surface area contributed by atoms with Gasteiger partial charge in [0.1, 0.15) is 0 Å². The highest BCUT2D eigenvalue weighted by Gasteiger charge is 2.09. The maximum atomic E-state index is 4.44. The third-order valence-corrected chi connectivity index (χ3v) is 4.57. The Balaban J connectivity index is 1.97. The van der Waals surface area contributed by atoms with E-state index in [4.69, 9.17) is 0 Å². The van der Waals surface area contributed by atoms with Crippen LogP contribution in [0.4, 0.5) is 0 Å². The van der Waals surface area contributed by atoms with Crippen LogP contribution in [0, 0.1) is 0 Å². The second kappa shape index (κ2) is 8.62. The fraction of sp³-hybridized carbons (Fsp3) is 0.412. The minimum Gasteiger partial charge on any atom is -0.355 e. The Morgan fingerprint density at radius 3 is 2.78 bits per heavy atom. The smallest absolute Gasteiger partial charge is 0.193 e. The van der Waals surface area contributed by atoms with Crippen molar-refractivity contribution in [2.24, 2.45) is 4.99 Å². The molecule has 0 saturated carbocycles. The molecule has 2 aromatic rings. The molecule has 0 bridgehead atoms. The van der Waals surface area contributed by atoms with Gasteiger partial charge in [-0.2, -0.15) is 16.9 Å². The largest absolute Gasteiger partial charge is 0.355 e. The summed E-state index contributed by atoms with van der Waals surface area (Å²) in [7, 11) is 3.86. The van der Waals surface area contributed by atoms with Gasteiger partial charge in [0.2, 0.25) is 0 Å². The van der Waals surface area contributed by atoms with Gasteiger partial charge in [0.25, 0.3) is 0 Å². The van der Waals surface area contributed by atoms with E-state index in [9.17, 15) is 0 Å². The number of hydrogen-bond donors (Lipinski definition) is 1. The van der Waals surface area contributed by atoms with Gasteiger partial charge in [-0.25, -0.2) is 4.68 Å². The zero-order valence-electron chi connectivity index (χ0n) is 14.2. The fourth-order valence-electron chi connectivity index (χ4n) is 2.22. The zero-order valence-corrected chi connectivity index (χ0v) is 15.0. The molecule has 1 heterocycles. The predicted octanol–water partition coefficient (Wildman–Crippen LogP) is 2.63. The number of rotatable bonds is 6. The highest BCUT2D eigenvalue weighted by Crippen LogP contribution is 2.09. The lowest BCUT2D eigenvalue weighted by Gasteiger charge is -2.22. The molecule has 0 spiro atoms. The summed E-state index contributed by atoms with van der Waals surface area (Å²) < 4.78 is 1.90. The minimum atomic E-state index is 0.556. The molecular formula is C17H25N5S. The Morgan fingerprint density at radius 1 is 1.39 bits per heavy atom. The lowest BCUT2D eigenvalue weighted by atomic mass is 10.3. The highest BCUT2D eigenvalue weighted by molar-refractivity contribution is 7.99. The second-order valence-electron chi connectivity index (χ2n) is 5.46. The number of para-hydroxylation sites is 1. The first-order valence-electron chi connectivity index (χ1n) is 7.67. The lowest BCUT2D eigenvalue weighted by molar-refractivity contribution is 0.477. The Labute approximate surface area is 142 Å². The minimum absolute atomic E-state index is 0.556. The lowest BCUT2D eigenvalue weighted by Crippen LogP contribution is -2.40. The van der Waals surface area contributed by atoms with Crippen molar-refractivity contribution in [2.75, 3.05) is 26.9 Å². The molecular weight excluding hydrogens is 306 g/mol. The SMILES string of the molecule is CN=C(NCC(C)SC)N(C)Cc1cnn(-c2ccccc2)c1. The predicted molar refractivity (Wildman–Crippen MR) is 99.4 cm³/mol. The topological polar surface area (TPSA) is 45.5 Å². The molecule has 1 aromatic heterocycles. The molecule has 0 aliphatic rings. The Bertz CT molecular complexity index is 623. The van der Waals surface area contributed by atoms with Crippen molar-refractivity contribution in [2.45, 2.75) is 18.7 Å². The molecule has 124 valence electrons. The summed E-state index contributed by atoms with van der Waals surface area (Å²) in [6, 6.07) is 10.1. The van der Waals surface area contributed by atoms with Gasteiger partial charge in [-0.3, -0.25) is 4.99 Å². The summed E-state index contributed by atoms with van der Waals surface area (Å²) in [4.78, 5) is 6.46. The summed E-state index contributed by atoms with van der Waals surface area (Å²) in [6.07, 6.45) is 6.09. The van der Waals surface area contributed by atoms with Crippen molar-refractivity contribution in [3.8, 4) is 5.69 Å². The second-order valence-corrected chi connectivity index (χ2v) is 6.74. The standard InChI is InChI=1S/C17H25N5S/c1-14(23-4)10-19-17(18-2)21(3)12-15-11-20-22(13-15)16-8-6-5-7-9-16/h5-9,11,13-14H,10,12H2,1-4H3,(H,18,19). The van der Waals surface area contributed by atoms with E-state index in [1.165, 1.54) is 0 Å². The van der Waals surface area contributed by atoms with E-state index in [1.54, 1.807) is 0 Å². The van der Waals surface area contributed by atoms with E-state index in [0.29, 0.717) is 5.25 Å². The monoisotopic (exact) mass is 331 g/mol. The molecule has 0 saturated heterocycles. The van der Waals surface area contributed by atoms with E-state index >= 15 is 0 Å². The molecule has 1 atom stereocenters. The van der Waals surface area contributed by atoms with Crippen LogP contribution in [-0.2, 0) is 6.54 Å². The van der Waals surface area contributed by atoms with Crippen molar-refractivity contribution in [3.05, 3.63) is 48.3 Å². The fourth-order valence-corrected chi connectivity index (χ4v) is 2.47. The van der Waals surface area contributed by atoms with Gasteiger partial charge in [0, 0.05) is 44.2 Å². The van der Waals surface area contributed by atoms with Crippen LogP contribution in [0.3, 0.4) is 0 Å². The van der Waals surface area contributed by atoms with Crippen LogP contribution in [0.1, 0.15) is 12.5 Å². The summed E-state index contributed by atoms with van der Waals surface area (Å²) in [5.41, 5.74) is 2.22. The van der Waals surface area contributed by atoms with Crippen LogP contribution < -0.4 is 5.32 Å². The number of thioether (sulfide) groups is 1. The maximum absolute atomic E-state index is 4.44. The van der Waals surface area contributed by atoms with Crippen LogP contribution in [0.15, 0.2) is 47.7 Å². The van der Waals surface area contributed by atoms with E-state index in [0.717, 1.165) is 30.3 Å². The van der Waals surface area contributed by atoms with Crippen molar-refractivity contribution < 1.29 is 0 Å². The van der Waals surface area contributed by atoms with Crippen molar-refractivity contribution in [3.63, 3.8) is 0 Å². The van der Waals surface area contributed by atoms with Gasteiger partial charge in [-0.05, 0) is 18.4 Å². The molecule has 0 amide bonds. The molecule has 0 fully saturated rings. The highest BCUT2D eigenvalue weighted by atomic mass is 32.2. The van der Waals surface area contributed by atoms with Gasteiger partial charge < -0.3 is 10.2 Å². The molecule has 1 N–H and O–H groups in total. The molecule has 23 heavy (non-hydrogen) atoms. The molecule has 6 heteroatoms. The first-order chi connectivity index (χ1) is 11.1. The average molecular weight is 331 g/mol. The molecule has 0 radical (unpaired) electrons. The van der Waals surface area contributed by atoms with Crippen LogP contribution in [0.5, 0.6) is 0 Å². The van der Waals surface area contributed by atoms with E-state index in [2.05, 4.69) is 39.7 Å². The zero-order chi connectivity index (χ0) is 16.7. The molecule has 1 aromatic carbocycles.